The van der Waals surface area contributed by atoms with Crippen LogP contribution in [-0.2, 0) is 11.3 Å². The van der Waals surface area contributed by atoms with Crippen LogP contribution in [0.4, 0.5) is 10.2 Å². The first-order chi connectivity index (χ1) is 16.0. The summed E-state index contributed by atoms with van der Waals surface area (Å²) in [6.45, 7) is 3.64. The third-order valence-corrected chi connectivity index (χ3v) is 6.22. The van der Waals surface area contributed by atoms with E-state index >= 15 is 0 Å². The summed E-state index contributed by atoms with van der Waals surface area (Å²) in [5, 5.41) is 3.18. The van der Waals surface area contributed by atoms with Crippen molar-refractivity contribution in [1.82, 2.24) is 9.88 Å². The molecule has 0 bridgehead atoms. The minimum absolute atomic E-state index is 0.0473. The van der Waals surface area contributed by atoms with Crippen molar-refractivity contribution in [3.63, 3.8) is 0 Å². The van der Waals surface area contributed by atoms with Crippen molar-refractivity contribution >= 4 is 34.9 Å². The van der Waals surface area contributed by atoms with E-state index in [9.17, 15) is 9.18 Å². The monoisotopic (exact) mass is 487 g/mol. The Morgan fingerprint density at radius 1 is 1.18 bits per heavy atom. The molecule has 5 nitrogen and oxygen atoms in total. The number of likely N-dealkylation sites (tertiary alicyclic amines) is 1. The molecule has 1 N–H and O–H groups in total. The van der Waals surface area contributed by atoms with Crippen LogP contribution in [0.5, 0.6) is 5.75 Å². The zero-order valence-corrected chi connectivity index (χ0v) is 19.6. The van der Waals surface area contributed by atoms with Gasteiger partial charge in [0.15, 0.2) is 0 Å². The standard InChI is InChI=1S/C25H24Cl2FN3O2/c1-2-33-17-7-3-6-16(14-17)15-31-13-12-19(18-8-4-9-20(26)23(18)28)24(31)25(32)30-22-11-5-10-21(27)29-22/h3-11,14,19,24H,2,12-13,15H2,1H3,(H,29,30,32). The van der Waals surface area contributed by atoms with Gasteiger partial charge >= 0.3 is 0 Å². The van der Waals surface area contributed by atoms with E-state index in [2.05, 4.69) is 15.2 Å². The molecule has 1 amide bonds. The topological polar surface area (TPSA) is 54.5 Å². The van der Waals surface area contributed by atoms with E-state index in [1.807, 2.05) is 31.2 Å². The fourth-order valence-corrected chi connectivity index (χ4v) is 4.67. The third kappa shape index (κ3) is 5.46. The van der Waals surface area contributed by atoms with Gasteiger partial charge in [-0.2, -0.15) is 0 Å². The van der Waals surface area contributed by atoms with E-state index in [1.165, 1.54) is 6.07 Å². The lowest BCUT2D eigenvalue weighted by molar-refractivity contribution is -0.121. The number of rotatable bonds is 7. The van der Waals surface area contributed by atoms with E-state index in [-0.39, 0.29) is 22.0 Å². The lowest BCUT2D eigenvalue weighted by atomic mass is 9.90. The molecule has 0 spiro atoms. The number of ether oxygens (including phenoxy) is 1. The molecule has 2 unspecified atom stereocenters. The highest BCUT2D eigenvalue weighted by Gasteiger charge is 2.41. The first-order valence-corrected chi connectivity index (χ1v) is 11.5. The van der Waals surface area contributed by atoms with Gasteiger partial charge in [-0.1, -0.05) is 53.5 Å². The van der Waals surface area contributed by atoms with Gasteiger partial charge in [0.2, 0.25) is 5.91 Å². The molecule has 1 aliphatic heterocycles. The minimum atomic E-state index is -0.616. The second-order valence-corrected chi connectivity index (χ2v) is 8.66. The quantitative estimate of drug-likeness (QED) is 0.420. The molecule has 1 saturated heterocycles. The van der Waals surface area contributed by atoms with E-state index in [0.29, 0.717) is 37.5 Å². The van der Waals surface area contributed by atoms with Gasteiger partial charge in [-0.3, -0.25) is 9.69 Å². The van der Waals surface area contributed by atoms with Gasteiger partial charge in [0.25, 0.3) is 0 Å². The third-order valence-electron chi connectivity index (χ3n) is 5.71. The highest BCUT2D eigenvalue weighted by atomic mass is 35.5. The summed E-state index contributed by atoms with van der Waals surface area (Å²) in [5.41, 5.74) is 1.44. The summed E-state index contributed by atoms with van der Waals surface area (Å²) in [7, 11) is 0. The summed E-state index contributed by atoms with van der Waals surface area (Å²) in [4.78, 5) is 19.7. The zero-order chi connectivity index (χ0) is 23.4. The summed E-state index contributed by atoms with van der Waals surface area (Å²) in [5.74, 6) is 0.00683. The van der Waals surface area contributed by atoms with Crippen LogP contribution in [0.15, 0.2) is 60.7 Å². The van der Waals surface area contributed by atoms with Gasteiger partial charge in [-0.15, -0.1) is 0 Å². The minimum Gasteiger partial charge on any atom is -0.494 e. The molecule has 1 aliphatic rings. The smallest absolute Gasteiger partial charge is 0.243 e. The predicted molar refractivity (Wildman–Crippen MR) is 128 cm³/mol. The van der Waals surface area contributed by atoms with Gasteiger partial charge in [0, 0.05) is 12.5 Å². The second kappa shape index (κ2) is 10.5. The number of benzene rings is 2. The van der Waals surface area contributed by atoms with Crippen LogP contribution in [0.1, 0.15) is 30.4 Å². The highest BCUT2D eigenvalue weighted by Crippen LogP contribution is 2.38. The van der Waals surface area contributed by atoms with Gasteiger partial charge in [0.05, 0.1) is 17.7 Å². The predicted octanol–water partition coefficient (Wildman–Crippen LogP) is 5.92. The van der Waals surface area contributed by atoms with E-state index in [0.717, 1.165) is 11.3 Å². The highest BCUT2D eigenvalue weighted by molar-refractivity contribution is 6.30. The van der Waals surface area contributed by atoms with Crippen molar-refractivity contribution in [1.29, 1.82) is 0 Å². The van der Waals surface area contributed by atoms with Gasteiger partial charge in [-0.25, -0.2) is 9.37 Å². The molecule has 0 radical (unpaired) electrons. The molecule has 4 rings (SSSR count). The molecule has 2 aromatic carbocycles. The van der Waals surface area contributed by atoms with Gasteiger partial charge in [-0.05, 0) is 61.3 Å². The number of hydrogen-bond donors (Lipinski definition) is 1. The lowest BCUT2D eigenvalue weighted by Crippen LogP contribution is -2.42. The zero-order valence-electron chi connectivity index (χ0n) is 18.1. The Morgan fingerprint density at radius 2 is 1.97 bits per heavy atom. The van der Waals surface area contributed by atoms with Crippen molar-refractivity contribution in [3.8, 4) is 5.75 Å². The average molecular weight is 488 g/mol. The molecular formula is C25H24Cl2FN3O2. The number of hydrogen-bond acceptors (Lipinski definition) is 4. The molecule has 0 aliphatic carbocycles. The van der Waals surface area contributed by atoms with Crippen LogP contribution in [0.2, 0.25) is 10.2 Å². The Hall–Kier alpha value is -2.67. The fraction of sp³-hybridized carbons (Fsp3) is 0.280. The Labute approximate surface area is 202 Å². The van der Waals surface area contributed by atoms with Crippen molar-refractivity contribution in [2.45, 2.75) is 31.8 Å². The number of anilines is 1. The SMILES string of the molecule is CCOc1cccc(CN2CCC(c3cccc(Cl)c3F)C2C(=O)Nc2cccc(Cl)n2)c1. The number of amides is 1. The molecular weight excluding hydrogens is 464 g/mol. The number of carbonyl (C=O) groups is 1. The molecule has 2 heterocycles. The first-order valence-electron chi connectivity index (χ1n) is 10.8. The molecule has 1 fully saturated rings. The van der Waals surface area contributed by atoms with Crippen LogP contribution in [0, 0.1) is 5.82 Å². The Kier molecular flexibility index (Phi) is 7.48. The van der Waals surface area contributed by atoms with Crippen LogP contribution in [0.25, 0.3) is 0 Å². The van der Waals surface area contributed by atoms with Crippen LogP contribution < -0.4 is 10.1 Å². The maximum Gasteiger partial charge on any atom is 0.243 e. The Balaban J connectivity index is 1.64. The van der Waals surface area contributed by atoms with Crippen molar-refractivity contribution in [3.05, 3.63) is 87.8 Å². The second-order valence-electron chi connectivity index (χ2n) is 7.87. The lowest BCUT2D eigenvalue weighted by Gasteiger charge is -2.28. The van der Waals surface area contributed by atoms with Gasteiger partial charge in [0.1, 0.15) is 22.5 Å². The van der Waals surface area contributed by atoms with E-state index in [4.69, 9.17) is 27.9 Å². The molecule has 3 aromatic rings. The summed E-state index contributed by atoms with van der Waals surface area (Å²) in [6, 6.07) is 17.1. The number of carbonyl (C=O) groups excluding carboxylic acids is 1. The summed E-state index contributed by atoms with van der Waals surface area (Å²) < 4.78 is 20.5. The maximum absolute atomic E-state index is 14.9. The molecule has 2 atom stereocenters. The number of pyridine rings is 1. The molecule has 1 aromatic heterocycles. The normalized spacial score (nSPS) is 18.3. The van der Waals surface area contributed by atoms with Crippen molar-refractivity contribution in [2.75, 3.05) is 18.5 Å². The number of halogens is 3. The van der Waals surface area contributed by atoms with E-state index < -0.39 is 11.9 Å². The first kappa shape index (κ1) is 23.5. The molecule has 0 saturated carbocycles. The maximum atomic E-state index is 14.9. The van der Waals surface area contributed by atoms with Crippen LogP contribution in [-0.4, -0.2) is 35.0 Å². The molecule has 8 heteroatoms. The van der Waals surface area contributed by atoms with Gasteiger partial charge < -0.3 is 10.1 Å². The average Bonchev–Trinajstić information content (AvgIpc) is 3.19. The molecule has 33 heavy (non-hydrogen) atoms. The van der Waals surface area contributed by atoms with Crippen molar-refractivity contribution < 1.29 is 13.9 Å². The van der Waals surface area contributed by atoms with E-state index in [1.54, 1.807) is 30.3 Å². The summed E-state index contributed by atoms with van der Waals surface area (Å²) >= 11 is 12.0. The van der Waals surface area contributed by atoms with Crippen molar-refractivity contribution in [2.24, 2.45) is 0 Å². The number of nitrogens with zero attached hydrogens (tertiary/aromatic N) is 2. The molecule has 172 valence electrons. The largest absolute Gasteiger partial charge is 0.494 e. The van der Waals surface area contributed by atoms with Crippen LogP contribution >= 0.6 is 23.2 Å². The van der Waals surface area contributed by atoms with Crippen LogP contribution in [0.3, 0.4) is 0 Å². The summed E-state index contributed by atoms with van der Waals surface area (Å²) in [6.07, 6.45) is 0.615. The Morgan fingerprint density at radius 3 is 2.76 bits per heavy atom. The fourth-order valence-electron chi connectivity index (χ4n) is 4.33. The number of nitrogens with one attached hydrogen (secondary N) is 1. The number of aromatic nitrogens is 1. The Bertz CT molecular complexity index is 1140.